The fourth-order valence-electron chi connectivity index (χ4n) is 1.98. The maximum absolute atomic E-state index is 13.0. The first-order valence-corrected chi connectivity index (χ1v) is 7.19. The Labute approximate surface area is 124 Å². The summed E-state index contributed by atoms with van der Waals surface area (Å²) in [6, 6.07) is 8.05. The Kier molecular flexibility index (Phi) is 6.27. The molecule has 1 aromatic rings. The third-order valence-electron chi connectivity index (χ3n) is 3.51. The summed E-state index contributed by atoms with van der Waals surface area (Å²) in [5, 5.41) is 2.24. The molecule has 0 spiro atoms. The Bertz CT molecular complexity index is 458. The minimum Gasteiger partial charge on any atom is -0.350 e. The zero-order valence-electron chi connectivity index (χ0n) is 12.8. The number of hydrogen-bond donors (Lipinski definition) is 2. The van der Waals surface area contributed by atoms with Crippen molar-refractivity contribution in [3.8, 4) is 0 Å². The quantitative estimate of drug-likeness (QED) is 0.813. The maximum Gasteiger partial charge on any atom is 0.277 e. The highest BCUT2D eigenvalue weighted by Gasteiger charge is 2.27. The molecular formula is C16H24F2N2O. The Morgan fingerprint density at radius 1 is 1.19 bits per heavy atom. The van der Waals surface area contributed by atoms with Gasteiger partial charge < -0.3 is 11.1 Å². The van der Waals surface area contributed by atoms with Crippen LogP contribution >= 0.6 is 0 Å². The van der Waals surface area contributed by atoms with E-state index in [2.05, 4.69) is 19.2 Å². The number of carbonyl (C=O) groups excluding carboxylic acids is 1. The van der Waals surface area contributed by atoms with E-state index in [1.54, 1.807) is 0 Å². The second kappa shape index (κ2) is 7.50. The van der Waals surface area contributed by atoms with Gasteiger partial charge >= 0.3 is 0 Å². The highest BCUT2D eigenvalue weighted by molar-refractivity contribution is 5.76. The molecule has 0 fully saturated rings. The van der Waals surface area contributed by atoms with E-state index in [-0.39, 0.29) is 18.2 Å². The van der Waals surface area contributed by atoms with Crippen LogP contribution < -0.4 is 11.1 Å². The van der Waals surface area contributed by atoms with Crippen LogP contribution in [0.25, 0.3) is 0 Å². The van der Waals surface area contributed by atoms with Crippen LogP contribution in [0.4, 0.5) is 8.78 Å². The first kappa shape index (κ1) is 17.6. The standard InChI is InChI=1S/C16H24F2N2O/c1-11(2)13-4-6-14(7-5-13)12(3)8-15(21)20-10-16(17,18)9-19/h4-7,11-12H,8-10,19H2,1-3H3,(H,20,21). The van der Waals surface area contributed by atoms with Gasteiger partial charge in [-0.25, -0.2) is 8.78 Å². The van der Waals surface area contributed by atoms with E-state index in [1.165, 1.54) is 5.56 Å². The van der Waals surface area contributed by atoms with Crippen LogP contribution in [0.2, 0.25) is 0 Å². The number of benzene rings is 1. The summed E-state index contributed by atoms with van der Waals surface area (Å²) < 4.78 is 25.9. The molecule has 0 aromatic heterocycles. The van der Waals surface area contributed by atoms with Gasteiger partial charge in [-0.1, -0.05) is 45.0 Å². The molecule has 0 aliphatic carbocycles. The molecular weight excluding hydrogens is 274 g/mol. The van der Waals surface area contributed by atoms with Gasteiger partial charge in [0.2, 0.25) is 5.91 Å². The van der Waals surface area contributed by atoms with Gasteiger partial charge in [-0.15, -0.1) is 0 Å². The van der Waals surface area contributed by atoms with Crippen molar-refractivity contribution in [2.45, 2.75) is 45.0 Å². The molecule has 1 rings (SSSR count). The van der Waals surface area contributed by atoms with E-state index in [0.717, 1.165) is 5.56 Å². The third kappa shape index (κ3) is 5.79. The Morgan fingerprint density at radius 3 is 2.19 bits per heavy atom. The summed E-state index contributed by atoms with van der Waals surface area (Å²) in [5.74, 6) is -2.99. The fourth-order valence-corrected chi connectivity index (χ4v) is 1.98. The molecule has 0 aliphatic rings. The predicted molar refractivity (Wildman–Crippen MR) is 80.6 cm³/mol. The van der Waals surface area contributed by atoms with Crippen molar-refractivity contribution in [2.75, 3.05) is 13.1 Å². The third-order valence-corrected chi connectivity index (χ3v) is 3.51. The van der Waals surface area contributed by atoms with Crippen LogP contribution in [0.1, 0.15) is 50.2 Å². The Morgan fingerprint density at radius 2 is 1.71 bits per heavy atom. The first-order chi connectivity index (χ1) is 9.75. The van der Waals surface area contributed by atoms with E-state index in [0.29, 0.717) is 5.92 Å². The van der Waals surface area contributed by atoms with E-state index in [1.807, 2.05) is 31.2 Å². The zero-order chi connectivity index (χ0) is 16.0. The van der Waals surface area contributed by atoms with Crippen LogP contribution in [0.3, 0.4) is 0 Å². The minimum absolute atomic E-state index is 0.0160. The number of nitrogens with one attached hydrogen (secondary N) is 1. The van der Waals surface area contributed by atoms with Crippen molar-refractivity contribution in [1.82, 2.24) is 5.32 Å². The maximum atomic E-state index is 13.0. The van der Waals surface area contributed by atoms with Gasteiger partial charge in [0, 0.05) is 6.42 Å². The summed E-state index contributed by atoms with van der Waals surface area (Å²) in [4.78, 5) is 11.7. The number of carbonyl (C=O) groups is 1. The van der Waals surface area contributed by atoms with Gasteiger partial charge in [-0.3, -0.25) is 4.79 Å². The van der Waals surface area contributed by atoms with Crippen molar-refractivity contribution in [2.24, 2.45) is 5.73 Å². The van der Waals surface area contributed by atoms with Crippen molar-refractivity contribution < 1.29 is 13.6 Å². The summed E-state index contributed by atoms with van der Waals surface area (Å²) >= 11 is 0. The van der Waals surface area contributed by atoms with Crippen LogP contribution in [0.15, 0.2) is 24.3 Å². The molecule has 5 heteroatoms. The minimum atomic E-state index is -3.04. The Balaban J connectivity index is 2.52. The number of amides is 1. The van der Waals surface area contributed by atoms with Crippen molar-refractivity contribution in [3.63, 3.8) is 0 Å². The number of nitrogens with two attached hydrogens (primary N) is 1. The number of halogens is 2. The molecule has 3 N–H and O–H groups in total. The van der Waals surface area contributed by atoms with E-state index in [4.69, 9.17) is 5.73 Å². The van der Waals surface area contributed by atoms with Crippen molar-refractivity contribution in [3.05, 3.63) is 35.4 Å². The van der Waals surface area contributed by atoms with Gasteiger partial charge in [0.15, 0.2) is 0 Å². The average molecular weight is 298 g/mol. The highest BCUT2D eigenvalue weighted by atomic mass is 19.3. The van der Waals surface area contributed by atoms with E-state index in [9.17, 15) is 13.6 Å². The lowest BCUT2D eigenvalue weighted by Crippen LogP contribution is -2.41. The molecule has 0 aliphatic heterocycles. The van der Waals surface area contributed by atoms with E-state index < -0.39 is 19.0 Å². The van der Waals surface area contributed by atoms with Gasteiger partial charge in [0.1, 0.15) is 0 Å². The molecule has 1 unspecified atom stereocenters. The van der Waals surface area contributed by atoms with Crippen LogP contribution in [-0.4, -0.2) is 24.9 Å². The number of rotatable bonds is 7. The normalized spacial score (nSPS) is 13.3. The van der Waals surface area contributed by atoms with Gasteiger partial charge in [-0.2, -0.15) is 0 Å². The van der Waals surface area contributed by atoms with Crippen molar-refractivity contribution >= 4 is 5.91 Å². The predicted octanol–water partition coefficient (Wildman–Crippen LogP) is 3.01. The average Bonchev–Trinajstić information content (AvgIpc) is 2.45. The SMILES string of the molecule is CC(C)c1ccc(C(C)CC(=O)NCC(F)(F)CN)cc1. The smallest absolute Gasteiger partial charge is 0.277 e. The molecule has 0 radical (unpaired) electrons. The summed E-state index contributed by atoms with van der Waals surface area (Å²) in [6.45, 7) is 4.67. The molecule has 3 nitrogen and oxygen atoms in total. The molecule has 0 bridgehead atoms. The van der Waals surface area contributed by atoms with Crippen LogP contribution in [0.5, 0.6) is 0 Å². The monoisotopic (exact) mass is 298 g/mol. The molecule has 21 heavy (non-hydrogen) atoms. The lowest BCUT2D eigenvalue weighted by Gasteiger charge is -2.17. The summed E-state index contributed by atoms with van der Waals surface area (Å²) in [7, 11) is 0. The molecule has 0 heterocycles. The number of hydrogen-bond acceptors (Lipinski definition) is 2. The molecule has 0 saturated heterocycles. The van der Waals surface area contributed by atoms with Crippen molar-refractivity contribution in [1.29, 1.82) is 0 Å². The zero-order valence-corrected chi connectivity index (χ0v) is 12.8. The fraction of sp³-hybridized carbons (Fsp3) is 0.562. The number of alkyl halides is 2. The molecule has 1 aromatic carbocycles. The molecule has 1 amide bonds. The largest absolute Gasteiger partial charge is 0.350 e. The van der Waals surface area contributed by atoms with Gasteiger partial charge in [0.25, 0.3) is 5.92 Å². The first-order valence-electron chi connectivity index (χ1n) is 7.19. The topological polar surface area (TPSA) is 55.1 Å². The van der Waals surface area contributed by atoms with Gasteiger partial charge in [0.05, 0.1) is 13.1 Å². The second-order valence-electron chi connectivity index (χ2n) is 5.76. The summed E-state index contributed by atoms with van der Waals surface area (Å²) in [5.41, 5.74) is 7.18. The lowest BCUT2D eigenvalue weighted by atomic mass is 9.94. The molecule has 1 atom stereocenters. The highest BCUT2D eigenvalue weighted by Crippen LogP contribution is 2.22. The second-order valence-corrected chi connectivity index (χ2v) is 5.76. The van der Waals surface area contributed by atoms with E-state index >= 15 is 0 Å². The van der Waals surface area contributed by atoms with Crippen LogP contribution in [-0.2, 0) is 4.79 Å². The van der Waals surface area contributed by atoms with Crippen LogP contribution in [0, 0.1) is 0 Å². The molecule has 0 saturated carbocycles. The summed E-state index contributed by atoms with van der Waals surface area (Å²) in [6.07, 6.45) is 0.182. The Hall–Kier alpha value is -1.49. The lowest BCUT2D eigenvalue weighted by molar-refractivity contribution is -0.123. The van der Waals surface area contributed by atoms with Gasteiger partial charge in [-0.05, 0) is 23.0 Å². The molecule has 118 valence electrons.